The predicted molar refractivity (Wildman–Crippen MR) is 110 cm³/mol. The first-order valence-electron chi connectivity index (χ1n) is 9.65. The average molecular weight is 381 g/mol. The smallest absolute Gasteiger partial charge is 0.193 e. The third-order valence-corrected chi connectivity index (χ3v) is 5.12. The predicted octanol–water partition coefficient (Wildman–Crippen LogP) is 3.35. The molecule has 1 aliphatic rings. The Balaban J connectivity index is 1.78. The molecular formula is C20H33ClN4O. The van der Waals surface area contributed by atoms with E-state index < -0.39 is 0 Å². The van der Waals surface area contributed by atoms with E-state index in [1.165, 1.54) is 13.0 Å². The molecule has 1 N–H and O–H groups in total. The molecule has 1 aromatic rings. The van der Waals surface area contributed by atoms with Crippen molar-refractivity contribution >= 4 is 17.6 Å². The topological polar surface area (TPSA) is 40.1 Å². The van der Waals surface area contributed by atoms with E-state index in [4.69, 9.17) is 16.3 Å². The van der Waals surface area contributed by atoms with Crippen LogP contribution in [0.3, 0.4) is 0 Å². The van der Waals surface area contributed by atoms with Crippen LogP contribution in [-0.2, 0) is 0 Å². The molecule has 0 aliphatic carbocycles. The number of likely N-dealkylation sites (tertiary alicyclic amines) is 1. The summed E-state index contributed by atoms with van der Waals surface area (Å²) in [6, 6.07) is 7.51. The van der Waals surface area contributed by atoms with E-state index in [9.17, 15) is 0 Å². The van der Waals surface area contributed by atoms with E-state index in [0.29, 0.717) is 17.5 Å². The van der Waals surface area contributed by atoms with Crippen LogP contribution in [0.4, 0.5) is 0 Å². The Hall–Kier alpha value is -1.46. The molecule has 5 nitrogen and oxygen atoms in total. The van der Waals surface area contributed by atoms with Crippen molar-refractivity contribution in [1.82, 2.24) is 15.1 Å². The number of hydrogen-bond acceptors (Lipinski definition) is 3. The maximum Gasteiger partial charge on any atom is 0.193 e. The second kappa shape index (κ2) is 10.6. The number of benzene rings is 1. The van der Waals surface area contributed by atoms with Gasteiger partial charge in [0.15, 0.2) is 5.96 Å². The Morgan fingerprint density at radius 3 is 2.85 bits per heavy atom. The molecule has 1 aliphatic heterocycles. The molecule has 1 aromatic carbocycles. The summed E-state index contributed by atoms with van der Waals surface area (Å²) >= 11 is 6.01. The molecular weight excluding hydrogens is 348 g/mol. The van der Waals surface area contributed by atoms with E-state index in [2.05, 4.69) is 34.0 Å². The minimum Gasteiger partial charge on any atom is -0.489 e. The maximum absolute atomic E-state index is 6.01. The highest BCUT2D eigenvalue weighted by Crippen LogP contribution is 2.19. The number of nitrogens with one attached hydrogen (secondary N) is 1. The second-order valence-electron chi connectivity index (χ2n) is 6.90. The van der Waals surface area contributed by atoms with Crippen LogP contribution in [0.25, 0.3) is 0 Å². The van der Waals surface area contributed by atoms with Crippen molar-refractivity contribution in [3.05, 3.63) is 29.3 Å². The van der Waals surface area contributed by atoms with E-state index in [1.807, 2.05) is 38.2 Å². The molecule has 1 heterocycles. The van der Waals surface area contributed by atoms with E-state index in [0.717, 1.165) is 37.9 Å². The minimum absolute atomic E-state index is 0.0271. The lowest BCUT2D eigenvalue weighted by Crippen LogP contribution is -2.44. The van der Waals surface area contributed by atoms with Gasteiger partial charge in [0.05, 0.1) is 6.54 Å². The Bertz CT molecular complexity index is 577. The highest BCUT2D eigenvalue weighted by atomic mass is 35.5. The summed E-state index contributed by atoms with van der Waals surface area (Å²) < 4.78 is 5.93. The quantitative estimate of drug-likeness (QED) is 0.554. The van der Waals surface area contributed by atoms with Crippen molar-refractivity contribution < 1.29 is 4.74 Å². The van der Waals surface area contributed by atoms with Crippen LogP contribution in [0.15, 0.2) is 29.3 Å². The monoisotopic (exact) mass is 380 g/mol. The fourth-order valence-corrected chi connectivity index (χ4v) is 3.58. The lowest BCUT2D eigenvalue weighted by atomic mass is 10.1. The van der Waals surface area contributed by atoms with Crippen molar-refractivity contribution in [3.8, 4) is 5.75 Å². The summed E-state index contributed by atoms with van der Waals surface area (Å²) in [5, 5.41) is 4.14. The van der Waals surface area contributed by atoms with Gasteiger partial charge in [-0.25, -0.2) is 0 Å². The van der Waals surface area contributed by atoms with Crippen molar-refractivity contribution in [1.29, 1.82) is 0 Å². The molecule has 2 unspecified atom stereocenters. The summed E-state index contributed by atoms with van der Waals surface area (Å²) in [5.41, 5.74) is 0. The molecule has 2 atom stereocenters. The van der Waals surface area contributed by atoms with Gasteiger partial charge >= 0.3 is 0 Å². The largest absolute Gasteiger partial charge is 0.489 e. The van der Waals surface area contributed by atoms with E-state index >= 15 is 0 Å². The standard InChI is InChI=1S/C20H33ClN4O/c1-5-24(6-2)14-17-10-11-25(15-17)20(22-4)23-13-16(3)26-19-9-7-8-18(21)12-19/h7-9,12,16-17H,5-6,10-11,13-15H2,1-4H3,(H,22,23). The number of hydrogen-bond donors (Lipinski definition) is 1. The lowest BCUT2D eigenvalue weighted by molar-refractivity contribution is 0.222. The molecule has 0 radical (unpaired) electrons. The highest BCUT2D eigenvalue weighted by molar-refractivity contribution is 6.30. The third-order valence-electron chi connectivity index (χ3n) is 4.89. The molecule has 0 saturated carbocycles. The summed E-state index contributed by atoms with van der Waals surface area (Å²) in [6.45, 7) is 12.8. The van der Waals surface area contributed by atoms with Crippen molar-refractivity contribution in [2.75, 3.05) is 46.3 Å². The summed E-state index contributed by atoms with van der Waals surface area (Å²) in [5.74, 6) is 2.48. The molecule has 2 rings (SSSR count). The van der Waals surface area contributed by atoms with Gasteiger partial charge in [0.25, 0.3) is 0 Å². The van der Waals surface area contributed by atoms with Gasteiger partial charge in [0, 0.05) is 31.7 Å². The first kappa shape index (κ1) is 20.8. The molecule has 1 saturated heterocycles. The second-order valence-corrected chi connectivity index (χ2v) is 7.34. The van der Waals surface area contributed by atoms with Gasteiger partial charge < -0.3 is 19.9 Å². The van der Waals surface area contributed by atoms with Crippen LogP contribution in [0.1, 0.15) is 27.2 Å². The van der Waals surface area contributed by atoms with Crippen molar-refractivity contribution in [3.63, 3.8) is 0 Å². The average Bonchev–Trinajstić information content (AvgIpc) is 3.08. The molecule has 0 amide bonds. The van der Waals surface area contributed by atoms with Crippen LogP contribution in [-0.4, -0.2) is 68.2 Å². The zero-order valence-corrected chi connectivity index (χ0v) is 17.3. The Morgan fingerprint density at radius 1 is 1.42 bits per heavy atom. The van der Waals surface area contributed by atoms with Gasteiger partial charge in [0.2, 0.25) is 0 Å². The first-order valence-corrected chi connectivity index (χ1v) is 10.0. The maximum atomic E-state index is 6.01. The van der Waals surface area contributed by atoms with Crippen molar-refractivity contribution in [2.45, 2.75) is 33.3 Å². The van der Waals surface area contributed by atoms with Crippen LogP contribution in [0.2, 0.25) is 5.02 Å². The van der Waals surface area contributed by atoms with Crippen LogP contribution < -0.4 is 10.1 Å². The van der Waals surface area contributed by atoms with Gasteiger partial charge in [-0.15, -0.1) is 0 Å². The fraction of sp³-hybridized carbons (Fsp3) is 0.650. The molecule has 146 valence electrons. The molecule has 0 spiro atoms. The summed E-state index contributed by atoms with van der Waals surface area (Å²) in [6.07, 6.45) is 1.26. The number of guanidine groups is 1. The number of aliphatic imine (C=N–C) groups is 1. The fourth-order valence-electron chi connectivity index (χ4n) is 3.40. The minimum atomic E-state index is 0.0271. The molecule has 0 bridgehead atoms. The number of halogens is 1. The lowest BCUT2D eigenvalue weighted by Gasteiger charge is -2.25. The van der Waals surface area contributed by atoms with E-state index in [-0.39, 0.29) is 6.10 Å². The number of nitrogens with zero attached hydrogens (tertiary/aromatic N) is 3. The third kappa shape index (κ3) is 6.36. The Morgan fingerprint density at radius 2 is 2.19 bits per heavy atom. The van der Waals surface area contributed by atoms with Gasteiger partial charge in [0.1, 0.15) is 11.9 Å². The van der Waals surface area contributed by atoms with Gasteiger partial charge in [-0.1, -0.05) is 31.5 Å². The first-order chi connectivity index (χ1) is 12.5. The van der Waals surface area contributed by atoms with Gasteiger partial charge in [-0.05, 0) is 50.6 Å². The van der Waals surface area contributed by atoms with Gasteiger partial charge in [-0.3, -0.25) is 4.99 Å². The SMILES string of the molecule is CCN(CC)CC1CCN(C(=NC)NCC(C)Oc2cccc(Cl)c2)C1. The number of rotatable bonds is 8. The molecule has 26 heavy (non-hydrogen) atoms. The molecule has 0 aromatic heterocycles. The van der Waals surface area contributed by atoms with E-state index in [1.54, 1.807) is 0 Å². The zero-order valence-electron chi connectivity index (χ0n) is 16.5. The molecule has 6 heteroatoms. The van der Waals surface area contributed by atoms with Crippen LogP contribution in [0, 0.1) is 5.92 Å². The normalized spacial score (nSPS) is 19.1. The number of ether oxygens (including phenoxy) is 1. The molecule has 1 fully saturated rings. The Labute approximate surface area is 163 Å². The van der Waals surface area contributed by atoms with Crippen molar-refractivity contribution in [2.24, 2.45) is 10.9 Å². The highest BCUT2D eigenvalue weighted by Gasteiger charge is 2.26. The summed E-state index contributed by atoms with van der Waals surface area (Å²) in [4.78, 5) is 9.32. The van der Waals surface area contributed by atoms with Gasteiger partial charge in [-0.2, -0.15) is 0 Å². The summed E-state index contributed by atoms with van der Waals surface area (Å²) in [7, 11) is 1.85. The zero-order chi connectivity index (χ0) is 18.9. The van der Waals surface area contributed by atoms with Crippen LogP contribution >= 0.6 is 11.6 Å². The van der Waals surface area contributed by atoms with Crippen LogP contribution in [0.5, 0.6) is 5.75 Å². The Kier molecular flexibility index (Phi) is 8.52.